The summed E-state index contributed by atoms with van der Waals surface area (Å²) in [6.45, 7) is 2.59. The quantitative estimate of drug-likeness (QED) is 0.818. The minimum atomic E-state index is -0.500. The molecule has 0 saturated heterocycles. The second kappa shape index (κ2) is 6.36. The average molecular weight is 293 g/mol. The Morgan fingerprint density at radius 3 is 2.87 bits per heavy atom. The van der Waals surface area contributed by atoms with Crippen molar-refractivity contribution in [2.75, 3.05) is 17.7 Å². The van der Waals surface area contributed by atoms with Gasteiger partial charge in [-0.25, -0.2) is 0 Å². The first kappa shape index (κ1) is 12.8. The van der Waals surface area contributed by atoms with E-state index in [4.69, 9.17) is 11.6 Å². The molecule has 0 saturated carbocycles. The molecule has 4 heteroatoms. The minimum absolute atomic E-state index is 0.254. The number of hydrogen-bond donors (Lipinski definition) is 2. The van der Waals surface area contributed by atoms with Gasteiger partial charge in [-0.15, -0.1) is 11.6 Å². The number of benzene rings is 1. The Kier molecular flexibility index (Phi) is 5.43. The van der Waals surface area contributed by atoms with E-state index in [1.165, 1.54) is 5.56 Å². The van der Waals surface area contributed by atoms with Crippen molar-refractivity contribution in [3.63, 3.8) is 0 Å². The van der Waals surface area contributed by atoms with E-state index in [1.807, 2.05) is 12.1 Å². The molecule has 0 aliphatic rings. The number of aliphatic hydroxyl groups is 1. The van der Waals surface area contributed by atoms with E-state index < -0.39 is 6.10 Å². The molecule has 0 aliphatic carbocycles. The number of anilines is 1. The molecule has 1 unspecified atom stereocenters. The third kappa shape index (κ3) is 4.01. The predicted octanol–water partition coefficient (Wildman–Crippen LogP) is 3.02. The smallest absolute Gasteiger partial charge is 0.0847 e. The van der Waals surface area contributed by atoms with Crippen molar-refractivity contribution in [1.29, 1.82) is 0 Å². The van der Waals surface area contributed by atoms with Crippen LogP contribution in [-0.2, 0) is 6.42 Å². The Hall–Kier alpha value is -0.250. The van der Waals surface area contributed by atoms with E-state index in [0.717, 1.165) is 16.6 Å². The summed E-state index contributed by atoms with van der Waals surface area (Å²) < 4.78 is 1.12. The van der Waals surface area contributed by atoms with Gasteiger partial charge in [0.2, 0.25) is 0 Å². The molecular weight excluding hydrogens is 277 g/mol. The molecule has 0 aromatic heterocycles. The highest BCUT2D eigenvalue weighted by atomic mass is 79.9. The zero-order chi connectivity index (χ0) is 11.3. The fourth-order valence-electron chi connectivity index (χ4n) is 1.25. The molecule has 84 valence electrons. The Morgan fingerprint density at radius 2 is 2.27 bits per heavy atom. The lowest BCUT2D eigenvalue weighted by molar-refractivity contribution is 0.211. The molecule has 15 heavy (non-hydrogen) atoms. The lowest BCUT2D eigenvalue weighted by Gasteiger charge is -2.11. The second-order valence-corrected chi connectivity index (χ2v) is 4.51. The van der Waals surface area contributed by atoms with Crippen LogP contribution in [0.5, 0.6) is 0 Å². The first-order valence-electron chi connectivity index (χ1n) is 4.93. The first-order valence-corrected chi connectivity index (χ1v) is 6.26. The van der Waals surface area contributed by atoms with Gasteiger partial charge in [-0.1, -0.05) is 22.9 Å². The van der Waals surface area contributed by atoms with Gasteiger partial charge in [0.05, 0.1) is 12.0 Å². The van der Waals surface area contributed by atoms with Crippen LogP contribution in [0.25, 0.3) is 0 Å². The van der Waals surface area contributed by atoms with Gasteiger partial charge in [-0.3, -0.25) is 0 Å². The van der Waals surface area contributed by atoms with Crippen molar-refractivity contribution in [1.82, 2.24) is 0 Å². The van der Waals surface area contributed by atoms with E-state index >= 15 is 0 Å². The molecule has 0 amide bonds. The monoisotopic (exact) mass is 291 g/mol. The van der Waals surface area contributed by atoms with Gasteiger partial charge in [-0.2, -0.15) is 0 Å². The largest absolute Gasteiger partial charge is 0.390 e. The summed E-state index contributed by atoms with van der Waals surface area (Å²) >= 11 is 8.99. The molecule has 1 rings (SSSR count). The highest BCUT2D eigenvalue weighted by molar-refractivity contribution is 9.10. The van der Waals surface area contributed by atoms with Gasteiger partial charge in [0, 0.05) is 16.7 Å². The number of aryl methyl sites for hydroxylation is 1. The maximum absolute atomic E-state index is 9.30. The van der Waals surface area contributed by atoms with Crippen LogP contribution >= 0.6 is 27.5 Å². The zero-order valence-electron chi connectivity index (χ0n) is 8.63. The van der Waals surface area contributed by atoms with Gasteiger partial charge in [0.1, 0.15) is 0 Å². The maximum atomic E-state index is 9.30. The zero-order valence-corrected chi connectivity index (χ0v) is 11.0. The molecule has 2 N–H and O–H groups in total. The van der Waals surface area contributed by atoms with Crippen LogP contribution in [0.15, 0.2) is 22.7 Å². The SMILES string of the molecule is CCc1cc(NCC(O)CCl)ccc1Br. The van der Waals surface area contributed by atoms with E-state index in [2.05, 4.69) is 34.2 Å². The highest BCUT2D eigenvalue weighted by Gasteiger charge is 2.03. The standard InChI is InChI=1S/C11H15BrClNO/c1-2-8-5-9(3-4-11(8)12)14-7-10(15)6-13/h3-5,10,14-15H,2,6-7H2,1H3. The molecule has 0 bridgehead atoms. The van der Waals surface area contributed by atoms with Crippen molar-refractivity contribution in [2.24, 2.45) is 0 Å². The summed E-state index contributed by atoms with van der Waals surface area (Å²) in [5, 5.41) is 12.4. The van der Waals surface area contributed by atoms with Crippen molar-refractivity contribution in [3.8, 4) is 0 Å². The fraction of sp³-hybridized carbons (Fsp3) is 0.455. The summed E-state index contributed by atoms with van der Waals surface area (Å²) in [7, 11) is 0. The number of alkyl halides is 1. The van der Waals surface area contributed by atoms with Crippen LogP contribution in [-0.4, -0.2) is 23.6 Å². The first-order chi connectivity index (χ1) is 7.17. The van der Waals surface area contributed by atoms with E-state index in [0.29, 0.717) is 6.54 Å². The van der Waals surface area contributed by atoms with Gasteiger partial charge in [0.15, 0.2) is 0 Å². The van der Waals surface area contributed by atoms with E-state index in [-0.39, 0.29) is 5.88 Å². The molecule has 1 atom stereocenters. The van der Waals surface area contributed by atoms with E-state index in [9.17, 15) is 5.11 Å². The fourth-order valence-corrected chi connectivity index (χ4v) is 1.88. The molecule has 0 radical (unpaired) electrons. The Labute approximate surface area is 104 Å². The van der Waals surface area contributed by atoms with Crippen LogP contribution in [0, 0.1) is 0 Å². The third-order valence-corrected chi connectivity index (χ3v) is 3.28. The van der Waals surface area contributed by atoms with Gasteiger partial charge >= 0.3 is 0 Å². The number of hydrogen-bond acceptors (Lipinski definition) is 2. The van der Waals surface area contributed by atoms with Crippen molar-refractivity contribution >= 4 is 33.2 Å². The topological polar surface area (TPSA) is 32.3 Å². The molecular formula is C11H15BrClNO. The predicted molar refractivity (Wildman–Crippen MR) is 68.7 cm³/mol. The highest BCUT2D eigenvalue weighted by Crippen LogP contribution is 2.21. The van der Waals surface area contributed by atoms with Crippen LogP contribution < -0.4 is 5.32 Å². The number of rotatable bonds is 5. The Bertz CT molecular complexity index is 319. The van der Waals surface area contributed by atoms with Crippen molar-refractivity contribution in [2.45, 2.75) is 19.4 Å². The molecule has 0 fully saturated rings. The number of aliphatic hydroxyl groups excluding tert-OH is 1. The lowest BCUT2D eigenvalue weighted by atomic mass is 10.1. The van der Waals surface area contributed by atoms with Crippen LogP contribution in [0.2, 0.25) is 0 Å². The molecule has 1 aromatic rings. The van der Waals surface area contributed by atoms with Crippen LogP contribution in [0.3, 0.4) is 0 Å². The second-order valence-electron chi connectivity index (χ2n) is 3.35. The van der Waals surface area contributed by atoms with Gasteiger partial charge in [0.25, 0.3) is 0 Å². The third-order valence-electron chi connectivity index (χ3n) is 2.15. The minimum Gasteiger partial charge on any atom is -0.390 e. The van der Waals surface area contributed by atoms with Gasteiger partial charge < -0.3 is 10.4 Å². The van der Waals surface area contributed by atoms with Crippen molar-refractivity contribution < 1.29 is 5.11 Å². The lowest BCUT2D eigenvalue weighted by Crippen LogP contribution is -2.20. The van der Waals surface area contributed by atoms with Gasteiger partial charge in [-0.05, 0) is 30.2 Å². The summed E-state index contributed by atoms with van der Waals surface area (Å²) in [5.74, 6) is 0.254. The van der Waals surface area contributed by atoms with Crippen molar-refractivity contribution in [3.05, 3.63) is 28.2 Å². The summed E-state index contributed by atoms with van der Waals surface area (Å²) in [6.07, 6.45) is 0.481. The van der Waals surface area contributed by atoms with Crippen LogP contribution in [0.1, 0.15) is 12.5 Å². The molecule has 2 nitrogen and oxygen atoms in total. The number of halogens is 2. The van der Waals surface area contributed by atoms with Crippen LogP contribution in [0.4, 0.5) is 5.69 Å². The maximum Gasteiger partial charge on any atom is 0.0847 e. The molecule has 1 aromatic carbocycles. The summed E-state index contributed by atoms with van der Waals surface area (Å²) in [5.41, 5.74) is 2.26. The summed E-state index contributed by atoms with van der Waals surface area (Å²) in [4.78, 5) is 0. The molecule has 0 spiro atoms. The normalized spacial score (nSPS) is 12.5. The van der Waals surface area contributed by atoms with E-state index in [1.54, 1.807) is 0 Å². The Morgan fingerprint density at radius 1 is 1.53 bits per heavy atom. The average Bonchev–Trinajstić information content (AvgIpc) is 2.27. The summed E-state index contributed by atoms with van der Waals surface area (Å²) in [6, 6.07) is 6.06. The molecule has 0 heterocycles. The molecule has 0 aliphatic heterocycles. The Balaban J connectivity index is 2.62. The number of nitrogens with one attached hydrogen (secondary N) is 1.